The van der Waals surface area contributed by atoms with Crippen LogP contribution in [0.3, 0.4) is 0 Å². The third-order valence-corrected chi connectivity index (χ3v) is 3.65. The summed E-state index contributed by atoms with van der Waals surface area (Å²) in [6, 6.07) is 7.91. The van der Waals surface area contributed by atoms with Crippen molar-refractivity contribution in [3.63, 3.8) is 0 Å². The van der Waals surface area contributed by atoms with Crippen LogP contribution in [0.5, 0.6) is 0 Å². The minimum Gasteiger partial charge on any atom is -0.481 e. The molecule has 4 heteroatoms. The maximum Gasteiger partial charge on any atom is 0.303 e. The van der Waals surface area contributed by atoms with Gasteiger partial charge in [0.1, 0.15) is 0 Å². The standard InChI is InChI=1S/C15H19NO3/c1-2-12-5-3-4-6-13(12)16-8-7-11(9-14(16)17)10-15(18)19/h3-6,11H,2,7-10H2,1H3,(H,18,19). The van der Waals surface area contributed by atoms with Crippen LogP contribution in [0.15, 0.2) is 24.3 Å². The molecule has 1 unspecified atom stereocenters. The Balaban J connectivity index is 2.11. The topological polar surface area (TPSA) is 57.6 Å². The first-order valence-electron chi connectivity index (χ1n) is 6.72. The van der Waals surface area contributed by atoms with E-state index >= 15 is 0 Å². The van der Waals surface area contributed by atoms with Crippen molar-refractivity contribution in [2.45, 2.75) is 32.6 Å². The highest BCUT2D eigenvalue weighted by molar-refractivity contribution is 5.95. The Kier molecular flexibility index (Phi) is 4.20. The van der Waals surface area contributed by atoms with Gasteiger partial charge in [-0.15, -0.1) is 0 Å². The predicted molar refractivity (Wildman–Crippen MR) is 73.1 cm³/mol. The van der Waals surface area contributed by atoms with Crippen LogP contribution in [0, 0.1) is 5.92 Å². The average Bonchev–Trinajstić information content (AvgIpc) is 2.38. The van der Waals surface area contributed by atoms with E-state index in [1.807, 2.05) is 24.3 Å². The van der Waals surface area contributed by atoms with Crippen molar-refractivity contribution < 1.29 is 14.7 Å². The van der Waals surface area contributed by atoms with Crippen molar-refractivity contribution in [2.75, 3.05) is 11.4 Å². The summed E-state index contributed by atoms with van der Waals surface area (Å²) >= 11 is 0. The quantitative estimate of drug-likeness (QED) is 0.905. The monoisotopic (exact) mass is 261 g/mol. The van der Waals surface area contributed by atoms with Crippen molar-refractivity contribution in [1.29, 1.82) is 0 Å². The molecule has 1 fully saturated rings. The van der Waals surface area contributed by atoms with Crippen LogP contribution < -0.4 is 4.90 Å². The predicted octanol–water partition coefficient (Wildman–Crippen LogP) is 2.47. The average molecular weight is 261 g/mol. The number of aliphatic carboxylic acids is 1. The summed E-state index contributed by atoms with van der Waals surface area (Å²) in [4.78, 5) is 24.7. The smallest absolute Gasteiger partial charge is 0.303 e. The fraction of sp³-hybridized carbons (Fsp3) is 0.467. The van der Waals surface area contributed by atoms with Crippen LogP contribution in [0.1, 0.15) is 31.7 Å². The van der Waals surface area contributed by atoms with Crippen LogP contribution in [0.2, 0.25) is 0 Å². The van der Waals surface area contributed by atoms with E-state index in [-0.39, 0.29) is 18.2 Å². The molecule has 1 amide bonds. The van der Waals surface area contributed by atoms with Gasteiger partial charge in [0.2, 0.25) is 5.91 Å². The number of carbonyl (C=O) groups excluding carboxylic acids is 1. The van der Waals surface area contributed by atoms with Gasteiger partial charge >= 0.3 is 5.97 Å². The SMILES string of the molecule is CCc1ccccc1N1CCC(CC(=O)O)CC1=O. The highest BCUT2D eigenvalue weighted by Crippen LogP contribution is 2.28. The van der Waals surface area contributed by atoms with Crippen molar-refractivity contribution in [1.82, 2.24) is 0 Å². The minimum atomic E-state index is -0.819. The van der Waals surface area contributed by atoms with Crippen LogP contribution in [0.25, 0.3) is 0 Å². The van der Waals surface area contributed by atoms with E-state index in [0.717, 1.165) is 24.1 Å². The lowest BCUT2D eigenvalue weighted by atomic mass is 9.92. The van der Waals surface area contributed by atoms with Gasteiger partial charge < -0.3 is 10.0 Å². The molecule has 0 saturated carbocycles. The van der Waals surface area contributed by atoms with Gasteiger partial charge in [-0.2, -0.15) is 0 Å². The minimum absolute atomic E-state index is 0.0185. The number of aryl methyl sites for hydroxylation is 1. The van der Waals surface area contributed by atoms with E-state index in [4.69, 9.17) is 5.11 Å². The second-order valence-corrected chi connectivity index (χ2v) is 4.98. The zero-order valence-corrected chi connectivity index (χ0v) is 11.1. The molecule has 0 spiro atoms. The molecule has 2 rings (SSSR count). The zero-order chi connectivity index (χ0) is 13.8. The van der Waals surface area contributed by atoms with Crippen LogP contribution in [0.4, 0.5) is 5.69 Å². The van der Waals surface area contributed by atoms with Gasteiger partial charge in [0.15, 0.2) is 0 Å². The molecule has 1 N–H and O–H groups in total. The third kappa shape index (κ3) is 3.13. The summed E-state index contributed by atoms with van der Waals surface area (Å²) in [5, 5.41) is 8.79. The molecule has 0 aliphatic carbocycles. The second-order valence-electron chi connectivity index (χ2n) is 4.98. The van der Waals surface area contributed by atoms with Crippen LogP contribution >= 0.6 is 0 Å². The van der Waals surface area contributed by atoms with Gasteiger partial charge in [0.25, 0.3) is 0 Å². The Morgan fingerprint density at radius 2 is 2.16 bits per heavy atom. The van der Waals surface area contributed by atoms with Crippen molar-refractivity contribution >= 4 is 17.6 Å². The van der Waals surface area contributed by atoms with Crippen molar-refractivity contribution in [2.24, 2.45) is 5.92 Å². The summed E-state index contributed by atoms with van der Waals surface area (Å²) in [5.74, 6) is -0.798. The number of carboxylic acids is 1. The molecule has 1 aliphatic rings. The van der Waals surface area contributed by atoms with Gasteiger partial charge in [0, 0.05) is 25.1 Å². The molecule has 19 heavy (non-hydrogen) atoms. The summed E-state index contributed by atoms with van der Waals surface area (Å²) in [6.07, 6.45) is 2.08. The molecule has 1 aliphatic heterocycles. The molecule has 102 valence electrons. The fourth-order valence-corrected chi connectivity index (χ4v) is 2.64. The number of piperidine rings is 1. The van der Waals surface area contributed by atoms with Crippen LogP contribution in [-0.2, 0) is 16.0 Å². The maximum absolute atomic E-state index is 12.2. The van der Waals surface area contributed by atoms with E-state index in [1.165, 1.54) is 0 Å². The molecule has 1 aromatic rings. The Morgan fingerprint density at radius 3 is 2.79 bits per heavy atom. The van der Waals surface area contributed by atoms with Gasteiger partial charge in [-0.1, -0.05) is 25.1 Å². The molecule has 0 radical (unpaired) electrons. The summed E-state index contributed by atoms with van der Waals surface area (Å²) < 4.78 is 0. The number of nitrogens with zero attached hydrogens (tertiary/aromatic N) is 1. The number of anilines is 1. The lowest BCUT2D eigenvalue weighted by Crippen LogP contribution is -2.39. The van der Waals surface area contributed by atoms with Gasteiger partial charge in [0.05, 0.1) is 0 Å². The lowest BCUT2D eigenvalue weighted by Gasteiger charge is -2.32. The number of hydrogen-bond donors (Lipinski definition) is 1. The summed E-state index contributed by atoms with van der Waals surface area (Å²) in [5.41, 5.74) is 2.14. The first kappa shape index (κ1) is 13.6. The summed E-state index contributed by atoms with van der Waals surface area (Å²) in [6.45, 7) is 2.69. The van der Waals surface area contributed by atoms with Gasteiger partial charge in [-0.3, -0.25) is 9.59 Å². The van der Waals surface area contributed by atoms with Crippen molar-refractivity contribution in [3.05, 3.63) is 29.8 Å². The number of para-hydroxylation sites is 1. The Hall–Kier alpha value is -1.84. The molecular formula is C15H19NO3. The second kappa shape index (κ2) is 5.87. The lowest BCUT2D eigenvalue weighted by molar-refractivity contribution is -0.138. The number of rotatable bonds is 4. The molecule has 4 nitrogen and oxygen atoms in total. The van der Waals surface area contributed by atoms with Crippen LogP contribution in [-0.4, -0.2) is 23.5 Å². The summed E-state index contributed by atoms with van der Waals surface area (Å²) in [7, 11) is 0. The van der Waals surface area contributed by atoms with E-state index in [9.17, 15) is 9.59 Å². The number of amides is 1. The van der Waals surface area contributed by atoms with E-state index in [0.29, 0.717) is 13.0 Å². The highest BCUT2D eigenvalue weighted by atomic mass is 16.4. The molecule has 1 aromatic carbocycles. The Labute approximate surface area is 113 Å². The number of hydrogen-bond acceptors (Lipinski definition) is 2. The zero-order valence-electron chi connectivity index (χ0n) is 11.1. The number of carboxylic acid groups (broad SMARTS) is 1. The van der Waals surface area contributed by atoms with Gasteiger partial charge in [-0.25, -0.2) is 0 Å². The Bertz CT molecular complexity index is 484. The van der Waals surface area contributed by atoms with Gasteiger partial charge in [-0.05, 0) is 30.4 Å². The molecule has 0 aromatic heterocycles. The third-order valence-electron chi connectivity index (χ3n) is 3.65. The molecular weight excluding hydrogens is 242 g/mol. The van der Waals surface area contributed by atoms with E-state index < -0.39 is 5.97 Å². The number of carbonyl (C=O) groups is 2. The highest BCUT2D eigenvalue weighted by Gasteiger charge is 2.28. The normalized spacial score (nSPS) is 19.5. The molecule has 1 heterocycles. The number of benzene rings is 1. The van der Waals surface area contributed by atoms with E-state index in [2.05, 4.69) is 6.92 Å². The molecule has 1 atom stereocenters. The first-order chi connectivity index (χ1) is 9.11. The first-order valence-corrected chi connectivity index (χ1v) is 6.72. The van der Waals surface area contributed by atoms with Crippen molar-refractivity contribution in [3.8, 4) is 0 Å². The fourth-order valence-electron chi connectivity index (χ4n) is 2.64. The molecule has 1 saturated heterocycles. The largest absolute Gasteiger partial charge is 0.481 e. The molecule has 0 bridgehead atoms. The van der Waals surface area contributed by atoms with E-state index in [1.54, 1.807) is 4.90 Å². The maximum atomic E-state index is 12.2. The Morgan fingerprint density at radius 1 is 1.42 bits per heavy atom.